The predicted octanol–water partition coefficient (Wildman–Crippen LogP) is 3.64. The molecule has 9 heteroatoms. The van der Waals surface area contributed by atoms with Gasteiger partial charge in [0.25, 0.3) is 11.8 Å². The monoisotopic (exact) mass is 456 g/mol. The zero-order valence-corrected chi connectivity index (χ0v) is 19.6. The number of aldehydes is 1. The molecule has 2 aromatic rings. The second-order valence-corrected chi connectivity index (χ2v) is 11.5. The Balaban J connectivity index is 1.78. The summed E-state index contributed by atoms with van der Waals surface area (Å²) in [7, 11) is -2.63. The zero-order chi connectivity index (χ0) is 23.5. The number of rotatable bonds is 5. The molecule has 0 saturated carbocycles. The number of aromatic nitrogens is 1. The van der Waals surface area contributed by atoms with Crippen LogP contribution in [0.15, 0.2) is 40.9 Å². The molecular formula is C23H28N4O4S. The van der Waals surface area contributed by atoms with Gasteiger partial charge in [-0.1, -0.05) is 13.8 Å². The van der Waals surface area contributed by atoms with E-state index in [4.69, 9.17) is 0 Å². The highest BCUT2D eigenvalue weighted by atomic mass is 32.2. The standard InChI is InChI=1S/C23H28N4O4S/c1-23(2)8-11-27(12-9-23)18-7-10-24-20(14-18)25-22(30)19-6-5-16(13-17(19)15-28)21(29)26-32(3,4)31/h5-7,10,13-15H,8-9,11-12H2,1-4H3,(H,24,25,30). The van der Waals surface area contributed by atoms with Crippen LogP contribution in [-0.4, -0.2) is 52.9 Å². The summed E-state index contributed by atoms with van der Waals surface area (Å²) >= 11 is 0. The second kappa shape index (κ2) is 9.20. The Labute approximate surface area is 188 Å². The number of anilines is 2. The Bertz CT molecular complexity index is 1160. The summed E-state index contributed by atoms with van der Waals surface area (Å²) in [6.45, 7) is 6.40. The summed E-state index contributed by atoms with van der Waals surface area (Å²) in [5, 5.41) is 2.73. The van der Waals surface area contributed by atoms with Crippen molar-refractivity contribution in [2.45, 2.75) is 26.7 Å². The van der Waals surface area contributed by atoms with Crippen LogP contribution in [-0.2, 0) is 9.73 Å². The fraction of sp³-hybridized carbons (Fsp3) is 0.391. The van der Waals surface area contributed by atoms with Gasteiger partial charge in [0.05, 0.1) is 5.56 Å². The number of nitrogens with one attached hydrogen (secondary N) is 1. The minimum atomic E-state index is -2.63. The highest BCUT2D eigenvalue weighted by molar-refractivity contribution is 7.92. The van der Waals surface area contributed by atoms with E-state index >= 15 is 0 Å². The fourth-order valence-electron chi connectivity index (χ4n) is 3.49. The third kappa shape index (κ3) is 6.00. The molecule has 0 radical (unpaired) electrons. The first-order valence-corrected chi connectivity index (χ1v) is 12.6. The minimum Gasteiger partial charge on any atom is -0.371 e. The lowest BCUT2D eigenvalue weighted by Gasteiger charge is -2.38. The van der Waals surface area contributed by atoms with Crippen LogP contribution in [0.2, 0.25) is 0 Å². The van der Waals surface area contributed by atoms with Gasteiger partial charge in [0.15, 0.2) is 6.29 Å². The summed E-state index contributed by atoms with van der Waals surface area (Å²) in [5.41, 5.74) is 1.55. The first kappa shape index (κ1) is 23.6. The van der Waals surface area contributed by atoms with Gasteiger partial charge in [-0.05, 0) is 42.5 Å². The molecule has 32 heavy (non-hydrogen) atoms. The van der Waals surface area contributed by atoms with E-state index in [2.05, 4.69) is 33.4 Å². The predicted molar refractivity (Wildman–Crippen MR) is 126 cm³/mol. The van der Waals surface area contributed by atoms with Gasteiger partial charge in [0.2, 0.25) is 0 Å². The number of pyridine rings is 1. The minimum absolute atomic E-state index is 0.0386. The molecule has 0 atom stereocenters. The maximum absolute atomic E-state index is 12.8. The Morgan fingerprint density at radius 3 is 2.47 bits per heavy atom. The molecule has 1 aliphatic rings. The fourth-order valence-corrected chi connectivity index (χ4v) is 4.00. The van der Waals surface area contributed by atoms with Gasteiger partial charge < -0.3 is 10.2 Å². The molecule has 1 aromatic heterocycles. The SMILES string of the molecule is CC1(C)CCN(c2ccnc(NC(=O)c3ccc(C(=O)N=S(C)(C)=O)cc3C=O)c2)CC1. The van der Waals surface area contributed by atoms with E-state index in [1.807, 2.05) is 12.1 Å². The van der Waals surface area contributed by atoms with Crippen LogP contribution < -0.4 is 10.2 Å². The summed E-state index contributed by atoms with van der Waals surface area (Å²) in [6, 6.07) is 7.77. The van der Waals surface area contributed by atoms with E-state index in [0.717, 1.165) is 31.6 Å². The van der Waals surface area contributed by atoms with E-state index < -0.39 is 21.5 Å². The second-order valence-electron chi connectivity index (χ2n) is 9.00. The van der Waals surface area contributed by atoms with Gasteiger partial charge in [0.1, 0.15) is 5.82 Å². The van der Waals surface area contributed by atoms with Gasteiger partial charge in [0, 0.05) is 64.4 Å². The molecule has 1 aliphatic heterocycles. The van der Waals surface area contributed by atoms with Crippen LogP contribution in [0.3, 0.4) is 0 Å². The normalized spacial score (nSPS) is 15.7. The molecule has 1 N–H and O–H groups in total. The summed E-state index contributed by atoms with van der Waals surface area (Å²) in [5.74, 6) is -0.836. The quantitative estimate of drug-likeness (QED) is 0.688. The molecule has 1 fully saturated rings. The smallest absolute Gasteiger partial charge is 0.285 e. The van der Waals surface area contributed by atoms with E-state index in [1.165, 1.54) is 30.7 Å². The van der Waals surface area contributed by atoms with Crippen molar-refractivity contribution in [2.75, 3.05) is 35.8 Å². The van der Waals surface area contributed by atoms with Crippen molar-refractivity contribution in [3.63, 3.8) is 0 Å². The molecule has 0 spiro atoms. The van der Waals surface area contributed by atoms with E-state index in [1.54, 1.807) is 6.20 Å². The highest BCUT2D eigenvalue weighted by Crippen LogP contribution is 2.32. The largest absolute Gasteiger partial charge is 0.371 e. The molecule has 8 nitrogen and oxygen atoms in total. The molecule has 170 valence electrons. The lowest BCUT2D eigenvalue weighted by atomic mass is 9.82. The average molecular weight is 457 g/mol. The Kier molecular flexibility index (Phi) is 6.78. The zero-order valence-electron chi connectivity index (χ0n) is 18.8. The van der Waals surface area contributed by atoms with Crippen LogP contribution in [0, 0.1) is 5.41 Å². The van der Waals surface area contributed by atoms with Crippen LogP contribution in [0.5, 0.6) is 0 Å². The number of carbonyl (C=O) groups excluding carboxylic acids is 3. The lowest BCUT2D eigenvalue weighted by molar-refractivity contribution is 0.0997. The van der Waals surface area contributed by atoms with Crippen molar-refractivity contribution >= 4 is 39.3 Å². The molecular weight excluding hydrogens is 428 g/mol. The topological polar surface area (TPSA) is 109 Å². The van der Waals surface area contributed by atoms with Crippen molar-refractivity contribution in [3.8, 4) is 0 Å². The average Bonchev–Trinajstić information content (AvgIpc) is 2.72. The number of benzene rings is 1. The Hall–Kier alpha value is -3.07. The van der Waals surface area contributed by atoms with Crippen molar-refractivity contribution in [2.24, 2.45) is 9.78 Å². The van der Waals surface area contributed by atoms with Crippen LogP contribution in [0.1, 0.15) is 57.8 Å². The summed E-state index contributed by atoms with van der Waals surface area (Å²) in [4.78, 5) is 43.0. The molecule has 2 heterocycles. The maximum Gasteiger partial charge on any atom is 0.285 e. The molecule has 0 aliphatic carbocycles. The number of hydrogen-bond donors (Lipinski definition) is 1. The van der Waals surface area contributed by atoms with Gasteiger partial charge in [-0.2, -0.15) is 4.36 Å². The van der Waals surface area contributed by atoms with Crippen molar-refractivity contribution in [1.82, 2.24) is 4.98 Å². The van der Waals surface area contributed by atoms with Gasteiger partial charge in [-0.25, -0.2) is 9.19 Å². The van der Waals surface area contributed by atoms with Crippen LogP contribution in [0.4, 0.5) is 11.5 Å². The third-order valence-corrected chi connectivity index (χ3v) is 6.05. The van der Waals surface area contributed by atoms with E-state index in [-0.39, 0.29) is 16.7 Å². The third-order valence-electron chi connectivity index (χ3n) is 5.44. The van der Waals surface area contributed by atoms with Crippen molar-refractivity contribution < 1.29 is 18.6 Å². The van der Waals surface area contributed by atoms with Gasteiger partial charge >= 0.3 is 0 Å². The first-order valence-electron chi connectivity index (χ1n) is 10.3. The Morgan fingerprint density at radius 2 is 1.84 bits per heavy atom. The van der Waals surface area contributed by atoms with E-state index in [9.17, 15) is 18.6 Å². The molecule has 1 aromatic carbocycles. The van der Waals surface area contributed by atoms with Crippen LogP contribution in [0.25, 0.3) is 0 Å². The van der Waals surface area contributed by atoms with Crippen molar-refractivity contribution in [1.29, 1.82) is 0 Å². The molecule has 1 saturated heterocycles. The molecule has 3 rings (SSSR count). The number of piperidine rings is 1. The Morgan fingerprint density at radius 1 is 1.16 bits per heavy atom. The molecule has 0 unspecified atom stereocenters. The molecule has 2 amide bonds. The van der Waals surface area contributed by atoms with Crippen LogP contribution >= 0.6 is 0 Å². The number of hydrogen-bond acceptors (Lipinski definition) is 6. The van der Waals surface area contributed by atoms with E-state index in [0.29, 0.717) is 17.5 Å². The summed E-state index contributed by atoms with van der Waals surface area (Å²) < 4.78 is 15.4. The van der Waals surface area contributed by atoms with Gasteiger partial charge in [-0.15, -0.1) is 0 Å². The molecule has 0 bridgehead atoms. The maximum atomic E-state index is 12.8. The lowest BCUT2D eigenvalue weighted by Crippen LogP contribution is -2.37. The number of nitrogens with zero attached hydrogens (tertiary/aromatic N) is 3. The summed E-state index contributed by atoms with van der Waals surface area (Å²) in [6.07, 6.45) is 7.00. The van der Waals surface area contributed by atoms with Gasteiger partial charge in [-0.3, -0.25) is 14.4 Å². The number of carbonyl (C=O) groups is 3. The first-order chi connectivity index (χ1) is 15.0. The van der Waals surface area contributed by atoms with Crippen molar-refractivity contribution in [3.05, 3.63) is 53.2 Å². The highest BCUT2D eigenvalue weighted by Gasteiger charge is 2.25. The number of amides is 2.